The third-order valence-corrected chi connectivity index (χ3v) is 4.24. The second-order valence-electron chi connectivity index (χ2n) is 6.77. The van der Waals surface area contributed by atoms with Crippen LogP contribution in [0.15, 0.2) is 42.5 Å². The van der Waals surface area contributed by atoms with Crippen LogP contribution in [0.25, 0.3) is 11.0 Å². The smallest absolute Gasteiger partial charge is 0.227 e. The van der Waals surface area contributed by atoms with Crippen molar-refractivity contribution in [3.8, 4) is 5.75 Å². The molecular weight excluding hydrogens is 326 g/mol. The number of rotatable bonds is 7. The number of aryl methyl sites for hydroxylation is 1. The minimum Gasteiger partial charge on any atom is -0.491 e. The number of benzene rings is 2. The van der Waals surface area contributed by atoms with Crippen LogP contribution in [0.5, 0.6) is 5.75 Å². The second-order valence-corrected chi connectivity index (χ2v) is 6.77. The lowest BCUT2D eigenvalue weighted by atomic mass is 10.0. The van der Waals surface area contributed by atoms with E-state index in [-0.39, 0.29) is 12.3 Å². The van der Waals surface area contributed by atoms with Crippen molar-refractivity contribution in [3.05, 3.63) is 59.4 Å². The normalized spacial score (nSPS) is 11.1. The Balaban J connectivity index is 1.48. The molecule has 26 heavy (non-hydrogen) atoms. The van der Waals surface area contributed by atoms with Crippen LogP contribution in [0.3, 0.4) is 0 Å². The highest BCUT2D eigenvalue weighted by atomic mass is 16.5. The van der Waals surface area contributed by atoms with Crippen LogP contribution in [-0.2, 0) is 11.2 Å². The Bertz CT molecular complexity index is 899. The molecule has 1 amide bonds. The number of nitrogens with one attached hydrogen (secondary N) is 2. The van der Waals surface area contributed by atoms with Gasteiger partial charge in [0.05, 0.1) is 24.0 Å². The summed E-state index contributed by atoms with van der Waals surface area (Å²) in [6.45, 7) is 7.21. The van der Waals surface area contributed by atoms with Crippen LogP contribution in [0, 0.1) is 6.92 Å². The van der Waals surface area contributed by atoms with Crippen LogP contribution >= 0.6 is 0 Å². The molecule has 0 fully saturated rings. The molecule has 0 unspecified atom stereocenters. The molecule has 2 N–H and O–H groups in total. The van der Waals surface area contributed by atoms with Gasteiger partial charge in [-0.1, -0.05) is 38.1 Å². The van der Waals surface area contributed by atoms with Gasteiger partial charge in [-0.15, -0.1) is 0 Å². The van der Waals surface area contributed by atoms with Crippen molar-refractivity contribution in [1.82, 2.24) is 15.3 Å². The first kappa shape index (κ1) is 18.0. The first-order chi connectivity index (χ1) is 12.5. The number of para-hydroxylation sites is 1. The molecule has 136 valence electrons. The first-order valence-corrected chi connectivity index (χ1v) is 8.96. The van der Waals surface area contributed by atoms with Crippen molar-refractivity contribution < 1.29 is 9.53 Å². The number of aromatic nitrogens is 2. The van der Waals surface area contributed by atoms with Crippen molar-refractivity contribution in [1.29, 1.82) is 0 Å². The topological polar surface area (TPSA) is 67.0 Å². The molecule has 1 aromatic heterocycles. The maximum Gasteiger partial charge on any atom is 0.227 e. The monoisotopic (exact) mass is 351 g/mol. The van der Waals surface area contributed by atoms with Gasteiger partial charge in [-0.25, -0.2) is 4.98 Å². The molecule has 5 nitrogen and oxygen atoms in total. The molecule has 3 rings (SSSR count). The summed E-state index contributed by atoms with van der Waals surface area (Å²) < 4.78 is 5.82. The molecule has 0 spiro atoms. The number of hydrogen-bond acceptors (Lipinski definition) is 3. The molecule has 0 radical (unpaired) electrons. The summed E-state index contributed by atoms with van der Waals surface area (Å²) in [6.07, 6.45) is 0.232. The van der Waals surface area contributed by atoms with Gasteiger partial charge >= 0.3 is 0 Å². The van der Waals surface area contributed by atoms with Crippen LogP contribution < -0.4 is 10.1 Å². The fourth-order valence-corrected chi connectivity index (χ4v) is 2.91. The summed E-state index contributed by atoms with van der Waals surface area (Å²) in [5.41, 5.74) is 4.18. The van der Waals surface area contributed by atoms with Gasteiger partial charge in [0.2, 0.25) is 5.91 Å². The maximum atomic E-state index is 12.1. The van der Waals surface area contributed by atoms with E-state index >= 15 is 0 Å². The van der Waals surface area contributed by atoms with E-state index in [1.807, 2.05) is 43.3 Å². The van der Waals surface area contributed by atoms with Crippen LogP contribution in [-0.4, -0.2) is 29.0 Å². The largest absolute Gasteiger partial charge is 0.491 e. The van der Waals surface area contributed by atoms with Crippen LogP contribution in [0.2, 0.25) is 0 Å². The van der Waals surface area contributed by atoms with Crippen molar-refractivity contribution in [3.63, 3.8) is 0 Å². The number of fused-ring (bicyclic) bond motifs is 1. The average Bonchev–Trinajstić information content (AvgIpc) is 3.00. The van der Waals surface area contributed by atoms with Gasteiger partial charge in [0.15, 0.2) is 0 Å². The van der Waals surface area contributed by atoms with Crippen LogP contribution in [0.4, 0.5) is 0 Å². The van der Waals surface area contributed by atoms with Gasteiger partial charge < -0.3 is 15.0 Å². The Morgan fingerprint density at radius 1 is 1.23 bits per heavy atom. The van der Waals surface area contributed by atoms with E-state index in [0.717, 1.165) is 22.3 Å². The number of aromatic amines is 1. The van der Waals surface area contributed by atoms with Gasteiger partial charge in [-0.05, 0) is 42.2 Å². The Morgan fingerprint density at radius 2 is 2.04 bits per heavy atom. The molecule has 1 heterocycles. The number of H-pyrrole nitrogens is 1. The summed E-state index contributed by atoms with van der Waals surface area (Å²) in [5, 5.41) is 2.88. The summed E-state index contributed by atoms with van der Waals surface area (Å²) >= 11 is 0. The molecule has 0 saturated heterocycles. The highest BCUT2D eigenvalue weighted by Gasteiger charge is 2.09. The number of hydrogen-bond donors (Lipinski definition) is 2. The van der Waals surface area contributed by atoms with Crippen molar-refractivity contribution in [2.75, 3.05) is 13.2 Å². The molecule has 0 saturated carbocycles. The fourth-order valence-electron chi connectivity index (χ4n) is 2.91. The van der Waals surface area contributed by atoms with Gasteiger partial charge in [0.1, 0.15) is 18.2 Å². The molecule has 2 aromatic carbocycles. The third kappa shape index (κ3) is 4.42. The molecule has 0 bridgehead atoms. The highest BCUT2D eigenvalue weighted by Crippen LogP contribution is 2.25. The maximum absolute atomic E-state index is 12.1. The summed E-state index contributed by atoms with van der Waals surface area (Å²) in [4.78, 5) is 19.8. The minimum absolute atomic E-state index is 0.0680. The summed E-state index contributed by atoms with van der Waals surface area (Å²) in [5.74, 6) is 1.89. The Morgan fingerprint density at radius 3 is 2.85 bits per heavy atom. The number of imidazole rings is 1. The predicted molar refractivity (Wildman–Crippen MR) is 104 cm³/mol. The van der Waals surface area contributed by atoms with Gasteiger partial charge in [-0.2, -0.15) is 0 Å². The van der Waals surface area contributed by atoms with E-state index in [1.165, 1.54) is 5.56 Å². The third-order valence-electron chi connectivity index (χ3n) is 4.24. The van der Waals surface area contributed by atoms with E-state index in [2.05, 4.69) is 35.2 Å². The fraction of sp³-hybridized carbons (Fsp3) is 0.333. The Kier molecular flexibility index (Phi) is 5.56. The van der Waals surface area contributed by atoms with E-state index in [4.69, 9.17) is 4.74 Å². The standard InChI is InChI=1S/C21H25N3O2/c1-14(2)16-6-4-5-7-19(16)26-11-10-22-21(25)13-20-23-17-9-8-15(3)12-18(17)24-20/h4-9,12,14H,10-11,13H2,1-3H3,(H,22,25)(H,23,24). The van der Waals surface area contributed by atoms with Crippen molar-refractivity contribution >= 4 is 16.9 Å². The quantitative estimate of drug-likeness (QED) is 0.637. The SMILES string of the molecule is Cc1ccc2nc(CC(=O)NCCOc3ccccc3C(C)C)[nH]c2c1. The lowest BCUT2D eigenvalue weighted by molar-refractivity contribution is -0.120. The molecular formula is C21H25N3O2. The molecule has 0 atom stereocenters. The predicted octanol–water partition coefficient (Wildman–Crippen LogP) is 3.73. The Hall–Kier alpha value is -2.82. The van der Waals surface area contributed by atoms with Crippen LogP contribution in [0.1, 0.15) is 36.7 Å². The molecule has 0 aliphatic rings. The molecule has 0 aliphatic heterocycles. The van der Waals surface area contributed by atoms with E-state index in [9.17, 15) is 4.79 Å². The van der Waals surface area contributed by atoms with E-state index in [0.29, 0.717) is 24.9 Å². The average molecular weight is 351 g/mol. The summed E-state index contributed by atoms with van der Waals surface area (Å²) in [6, 6.07) is 14.0. The zero-order valence-corrected chi connectivity index (χ0v) is 15.5. The highest BCUT2D eigenvalue weighted by molar-refractivity contribution is 5.80. The zero-order valence-electron chi connectivity index (χ0n) is 15.5. The van der Waals surface area contributed by atoms with Gasteiger partial charge in [-0.3, -0.25) is 4.79 Å². The van der Waals surface area contributed by atoms with Gasteiger partial charge in [0.25, 0.3) is 0 Å². The number of nitrogens with zero attached hydrogens (tertiary/aromatic N) is 1. The molecule has 0 aliphatic carbocycles. The number of carbonyl (C=O) groups excluding carboxylic acids is 1. The zero-order chi connectivity index (χ0) is 18.5. The number of carbonyl (C=O) groups is 1. The first-order valence-electron chi connectivity index (χ1n) is 8.96. The minimum atomic E-state index is -0.0680. The molecule has 3 aromatic rings. The van der Waals surface area contributed by atoms with E-state index in [1.54, 1.807) is 0 Å². The summed E-state index contributed by atoms with van der Waals surface area (Å²) in [7, 11) is 0. The molecule has 5 heteroatoms. The van der Waals surface area contributed by atoms with Crippen molar-refractivity contribution in [2.45, 2.75) is 33.1 Å². The van der Waals surface area contributed by atoms with Gasteiger partial charge in [0, 0.05) is 0 Å². The van der Waals surface area contributed by atoms with Crippen molar-refractivity contribution in [2.24, 2.45) is 0 Å². The lowest BCUT2D eigenvalue weighted by Gasteiger charge is -2.14. The second kappa shape index (κ2) is 8.04. The number of ether oxygens (including phenoxy) is 1. The lowest BCUT2D eigenvalue weighted by Crippen LogP contribution is -2.29. The number of amides is 1. The van der Waals surface area contributed by atoms with E-state index < -0.39 is 0 Å². The Labute approximate surface area is 153 Å².